The van der Waals surface area contributed by atoms with Gasteiger partial charge in [-0.1, -0.05) is 30.3 Å². The van der Waals surface area contributed by atoms with Crippen LogP contribution in [0.3, 0.4) is 0 Å². The van der Waals surface area contributed by atoms with Crippen LogP contribution in [0.25, 0.3) is 0 Å². The van der Waals surface area contributed by atoms with Gasteiger partial charge < -0.3 is 28.4 Å². The van der Waals surface area contributed by atoms with Gasteiger partial charge in [0.1, 0.15) is 12.7 Å². The van der Waals surface area contributed by atoms with E-state index >= 15 is 0 Å². The summed E-state index contributed by atoms with van der Waals surface area (Å²) in [4.78, 5) is 49.5. The zero-order valence-electron chi connectivity index (χ0n) is 22.8. The van der Waals surface area contributed by atoms with Crippen LogP contribution >= 0.6 is 0 Å². The van der Waals surface area contributed by atoms with E-state index in [4.69, 9.17) is 28.4 Å². The quantitative estimate of drug-likeness (QED) is 0.371. The highest BCUT2D eigenvalue weighted by Gasteiger charge is 2.53. The van der Waals surface area contributed by atoms with E-state index < -0.39 is 65.4 Å². The molecule has 10 heteroatoms. The molecule has 0 spiro atoms. The second kappa shape index (κ2) is 12.5. The third kappa shape index (κ3) is 9.12. The van der Waals surface area contributed by atoms with Crippen LogP contribution < -0.4 is 0 Å². The summed E-state index contributed by atoms with van der Waals surface area (Å²) in [6.07, 6.45) is -6.14. The summed E-state index contributed by atoms with van der Waals surface area (Å²) in [6.45, 7) is 12.2. The molecule has 0 bridgehead atoms. The SMILES string of the molecule is CC(=O)O[C@@H]1[C@H](OCc2ccccc2)O[C@H](COC(=O)C(C)(C)C)[C@@H](OC(C)=O)[C@@H]1OC(=O)C(C)(C)C. The number of ether oxygens (including phenoxy) is 6. The molecule has 0 N–H and O–H groups in total. The molecule has 1 heterocycles. The van der Waals surface area contributed by atoms with Crippen molar-refractivity contribution in [1.29, 1.82) is 0 Å². The molecule has 1 aliphatic rings. The molecule has 10 nitrogen and oxygen atoms in total. The van der Waals surface area contributed by atoms with Crippen molar-refractivity contribution in [2.24, 2.45) is 10.8 Å². The van der Waals surface area contributed by atoms with Crippen LogP contribution in [0.15, 0.2) is 30.3 Å². The highest BCUT2D eigenvalue weighted by Crippen LogP contribution is 2.32. The van der Waals surface area contributed by atoms with Crippen LogP contribution in [-0.2, 0) is 54.2 Å². The fourth-order valence-corrected chi connectivity index (χ4v) is 3.36. The number of carbonyl (C=O) groups excluding carboxylic acids is 4. The predicted molar refractivity (Wildman–Crippen MR) is 131 cm³/mol. The van der Waals surface area contributed by atoms with Crippen LogP contribution in [0.4, 0.5) is 0 Å². The highest BCUT2D eigenvalue weighted by atomic mass is 16.7. The second-order valence-electron chi connectivity index (χ2n) is 11.0. The molecule has 37 heavy (non-hydrogen) atoms. The Morgan fingerprint density at radius 2 is 1.30 bits per heavy atom. The van der Waals surface area contributed by atoms with Crippen molar-refractivity contribution >= 4 is 23.9 Å². The minimum Gasteiger partial charge on any atom is -0.462 e. The lowest BCUT2D eigenvalue weighted by Crippen LogP contribution is -2.63. The molecule has 0 saturated carbocycles. The molecule has 0 radical (unpaired) electrons. The van der Waals surface area contributed by atoms with Gasteiger partial charge in [-0.3, -0.25) is 19.2 Å². The molecule has 0 unspecified atom stereocenters. The first-order valence-corrected chi connectivity index (χ1v) is 12.1. The summed E-state index contributed by atoms with van der Waals surface area (Å²) in [6, 6.07) is 9.20. The fraction of sp³-hybridized carbons (Fsp3) is 0.630. The van der Waals surface area contributed by atoms with Crippen molar-refractivity contribution in [2.75, 3.05) is 6.61 Å². The van der Waals surface area contributed by atoms with Gasteiger partial charge in [-0.2, -0.15) is 0 Å². The molecule has 0 aliphatic carbocycles. The van der Waals surface area contributed by atoms with Gasteiger partial charge in [-0.05, 0) is 47.1 Å². The van der Waals surface area contributed by atoms with Crippen molar-refractivity contribution in [3.05, 3.63) is 35.9 Å². The smallest absolute Gasteiger partial charge is 0.311 e. The Morgan fingerprint density at radius 1 is 0.757 bits per heavy atom. The molecular formula is C27H38O10. The van der Waals surface area contributed by atoms with Gasteiger partial charge in [0.25, 0.3) is 0 Å². The molecule has 2 rings (SSSR count). The van der Waals surface area contributed by atoms with Crippen molar-refractivity contribution in [1.82, 2.24) is 0 Å². The highest BCUT2D eigenvalue weighted by molar-refractivity contribution is 5.76. The second-order valence-corrected chi connectivity index (χ2v) is 11.0. The molecule has 1 aromatic rings. The Labute approximate surface area is 217 Å². The number of esters is 4. The van der Waals surface area contributed by atoms with Gasteiger partial charge in [-0.15, -0.1) is 0 Å². The first-order chi connectivity index (χ1) is 17.1. The minimum absolute atomic E-state index is 0.0793. The summed E-state index contributed by atoms with van der Waals surface area (Å²) < 4.78 is 34.2. The van der Waals surface area contributed by atoms with E-state index in [2.05, 4.69) is 0 Å². The average molecular weight is 523 g/mol. The Balaban J connectivity index is 2.46. The van der Waals surface area contributed by atoms with Crippen molar-refractivity contribution < 1.29 is 47.6 Å². The van der Waals surface area contributed by atoms with Crippen LogP contribution in [0, 0.1) is 10.8 Å². The lowest BCUT2D eigenvalue weighted by molar-refractivity contribution is -0.312. The van der Waals surface area contributed by atoms with Gasteiger partial charge in [0.05, 0.1) is 17.4 Å². The average Bonchev–Trinajstić information content (AvgIpc) is 2.78. The molecule has 0 aromatic heterocycles. The normalized spacial score (nSPS) is 24.1. The summed E-state index contributed by atoms with van der Waals surface area (Å²) in [5, 5.41) is 0. The standard InChI is InChI=1S/C27H38O10/c1-16(28)34-20-19(15-33-24(30)26(3,4)5)36-23(32-14-18-12-10-9-11-13-18)22(35-17(2)29)21(20)37-25(31)27(6,7)8/h9-13,19-23H,14-15H2,1-8H3/t19-,20-,21+,22+,23-/m1/s1. The fourth-order valence-electron chi connectivity index (χ4n) is 3.36. The Kier molecular flexibility index (Phi) is 10.2. The molecule has 0 amide bonds. The summed E-state index contributed by atoms with van der Waals surface area (Å²) in [5.74, 6) is -2.51. The Hall–Kier alpha value is -2.98. The molecule has 1 aromatic carbocycles. The van der Waals surface area contributed by atoms with E-state index in [0.29, 0.717) is 0 Å². The van der Waals surface area contributed by atoms with E-state index in [-0.39, 0.29) is 13.2 Å². The lowest BCUT2D eigenvalue weighted by Gasteiger charge is -2.44. The first kappa shape index (κ1) is 30.2. The van der Waals surface area contributed by atoms with Crippen LogP contribution in [0.5, 0.6) is 0 Å². The number of benzene rings is 1. The van der Waals surface area contributed by atoms with Crippen LogP contribution in [0.1, 0.15) is 61.0 Å². The maximum atomic E-state index is 12.9. The van der Waals surface area contributed by atoms with Crippen molar-refractivity contribution in [3.63, 3.8) is 0 Å². The first-order valence-electron chi connectivity index (χ1n) is 12.1. The number of carbonyl (C=O) groups is 4. The number of rotatable bonds is 8. The van der Waals surface area contributed by atoms with Gasteiger partial charge >= 0.3 is 23.9 Å². The zero-order valence-corrected chi connectivity index (χ0v) is 22.8. The summed E-state index contributed by atoms with van der Waals surface area (Å²) >= 11 is 0. The topological polar surface area (TPSA) is 124 Å². The third-order valence-electron chi connectivity index (χ3n) is 5.30. The zero-order chi connectivity index (χ0) is 28.0. The molecule has 5 atom stereocenters. The predicted octanol–water partition coefficient (Wildman–Crippen LogP) is 3.34. The number of hydrogen-bond donors (Lipinski definition) is 0. The largest absolute Gasteiger partial charge is 0.462 e. The van der Waals surface area contributed by atoms with Crippen LogP contribution in [-0.4, -0.2) is 61.2 Å². The minimum atomic E-state index is -1.30. The van der Waals surface area contributed by atoms with E-state index in [1.807, 2.05) is 30.3 Å². The van der Waals surface area contributed by atoms with E-state index in [9.17, 15) is 19.2 Å². The van der Waals surface area contributed by atoms with Crippen molar-refractivity contribution in [2.45, 2.75) is 92.7 Å². The maximum absolute atomic E-state index is 12.9. The van der Waals surface area contributed by atoms with Gasteiger partial charge in [0, 0.05) is 13.8 Å². The van der Waals surface area contributed by atoms with Crippen LogP contribution in [0.2, 0.25) is 0 Å². The lowest BCUT2D eigenvalue weighted by atomic mass is 9.94. The monoisotopic (exact) mass is 522 g/mol. The summed E-state index contributed by atoms with van der Waals surface area (Å²) in [5.41, 5.74) is -0.907. The Bertz CT molecular complexity index is 944. The van der Waals surface area contributed by atoms with Gasteiger partial charge in [-0.25, -0.2) is 0 Å². The molecule has 206 valence electrons. The van der Waals surface area contributed by atoms with E-state index in [1.165, 1.54) is 13.8 Å². The van der Waals surface area contributed by atoms with Gasteiger partial charge in [0.15, 0.2) is 24.6 Å². The molecule has 1 saturated heterocycles. The summed E-state index contributed by atoms with van der Waals surface area (Å²) in [7, 11) is 0. The van der Waals surface area contributed by atoms with E-state index in [1.54, 1.807) is 41.5 Å². The molecular weight excluding hydrogens is 484 g/mol. The van der Waals surface area contributed by atoms with Crippen molar-refractivity contribution in [3.8, 4) is 0 Å². The third-order valence-corrected chi connectivity index (χ3v) is 5.30. The number of hydrogen-bond acceptors (Lipinski definition) is 10. The van der Waals surface area contributed by atoms with Gasteiger partial charge in [0.2, 0.25) is 0 Å². The van der Waals surface area contributed by atoms with E-state index in [0.717, 1.165) is 5.56 Å². The Morgan fingerprint density at radius 3 is 1.81 bits per heavy atom. The molecule has 1 aliphatic heterocycles. The molecule has 1 fully saturated rings. The maximum Gasteiger partial charge on any atom is 0.311 e.